The van der Waals surface area contributed by atoms with Crippen molar-refractivity contribution in [3.63, 3.8) is 0 Å². The molecule has 1 aromatic heterocycles. The second kappa shape index (κ2) is 8.50. The van der Waals surface area contributed by atoms with E-state index >= 15 is 0 Å². The van der Waals surface area contributed by atoms with Crippen LogP contribution in [0, 0.1) is 0 Å². The maximum atomic E-state index is 4.43. The summed E-state index contributed by atoms with van der Waals surface area (Å²) >= 11 is 2.10. The number of aromatic nitrogens is 1. The number of rotatable bonds is 6. The standard InChI is InChI=1S/C24H30N4S/c1-25-21-4-2-3-17(14-21)19-13-18-7-10-26-16-23(18)24(15-19)27-20-8-11-28(12-9-20)29-22-5-6-22/h2-4,7,10,13-14,16,20,22,24-25,27H,5-6,8-9,11-12,15H2,1H3. The molecule has 5 heteroatoms. The third kappa shape index (κ3) is 4.52. The Morgan fingerprint density at radius 3 is 2.76 bits per heavy atom. The van der Waals surface area contributed by atoms with Gasteiger partial charge >= 0.3 is 0 Å². The quantitative estimate of drug-likeness (QED) is 0.663. The van der Waals surface area contributed by atoms with Gasteiger partial charge in [-0.05, 0) is 72.6 Å². The fourth-order valence-corrected chi connectivity index (χ4v) is 5.63. The van der Waals surface area contributed by atoms with E-state index in [1.165, 1.54) is 61.0 Å². The first-order chi connectivity index (χ1) is 14.3. The van der Waals surface area contributed by atoms with Crippen LogP contribution in [0.5, 0.6) is 0 Å². The topological polar surface area (TPSA) is 40.2 Å². The zero-order valence-corrected chi connectivity index (χ0v) is 17.9. The van der Waals surface area contributed by atoms with Gasteiger partial charge in [0.25, 0.3) is 0 Å². The molecule has 1 aliphatic heterocycles. The summed E-state index contributed by atoms with van der Waals surface area (Å²) in [5.41, 5.74) is 6.52. The minimum atomic E-state index is 0.338. The highest BCUT2D eigenvalue weighted by molar-refractivity contribution is 7.97. The Balaban J connectivity index is 1.31. The van der Waals surface area contributed by atoms with Gasteiger partial charge in [0.1, 0.15) is 0 Å². The number of hydrogen-bond donors (Lipinski definition) is 2. The molecule has 3 aliphatic rings. The number of pyridine rings is 1. The van der Waals surface area contributed by atoms with Gasteiger partial charge in [0.05, 0.1) is 0 Å². The SMILES string of the molecule is CNc1cccc(C2=Cc3ccncc3C(NC3CCN(SC4CC4)CC3)C2)c1. The largest absolute Gasteiger partial charge is 0.388 e. The Morgan fingerprint density at radius 1 is 1.10 bits per heavy atom. The molecule has 1 unspecified atom stereocenters. The molecule has 1 atom stereocenters. The van der Waals surface area contributed by atoms with Crippen LogP contribution in [0.25, 0.3) is 11.6 Å². The maximum absolute atomic E-state index is 4.43. The molecule has 1 saturated carbocycles. The third-order valence-corrected chi connectivity index (χ3v) is 7.68. The maximum Gasteiger partial charge on any atom is 0.0384 e. The molecule has 2 N–H and O–H groups in total. The van der Waals surface area contributed by atoms with Crippen LogP contribution in [0.2, 0.25) is 0 Å². The fourth-order valence-electron chi connectivity index (χ4n) is 4.44. The molecule has 2 heterocycles. The molecule has 1 aromatic carbocycles. The molecular formula is C24H30N4S. The van der Waals surface area contributed by atoms with Crippen molar-refractivity contribution >= 4 is 29.3 Å². The molecule has 1 saturated heterocycles. The summed E-state index contributed by atoms with van der Waals surface area (Å²) in [6.07, 6.45) is 12.6. The van der Waals surface area contributed by atoms with E-state index < -0.39 is 0 Å². The van der Waals surface area contributed by atoms with E-state index in [1.54, 1.807) is 0 Å². The Morgan fingerprint density at radius 2 is 1.97 bits per heavy atom. The van der Waals surface area contributed by atoms with Gasteiger partial charge in [-0.15, -0.1) is 0 Å². The molecular weight excluding hydrogens is 376 g/mol. The van der Waals surface area contributed by atoms with E-state index in [0.717, 1.165) is 17.4 Å². The Hall–Kier alpha value is -1.82. The first kappa shape index (κ1) is 19.2. The molecule has 0 amide bonds. The minimum Gasteiger partial charge on any atom is -0.388 e. The van der Waals surface area contributed by atoms with E-state index in [0.29, 0.717) is 12.1 Å². The lowest BCUT2D eigenvalue weighted by Gasteiger charge is -2.35. The van der Waals surface area contributed by atoms with Crippen molar-refractivity contribution in [3.8, 4) is 0 Å². The first-order valence-corrected chi connectivity index (χ1v) is 11.7. The molecule has 2 fully saturated rings. The molecule has 0 radical (unpaired) electrons. The number of nitrogens with zero attached hydrogens (tertiary/aromatic N) is 2. The predicted molar refractivity (Wildman–Crippen MR) is 124 cm³/mol. The van der Waals surface area contributed by atoms with Crippen molar-refractivity contribution < 1.29 is 0 Å². The molecule has 4 nitrogen and oxygen atoms in total. The summed E-state index contributed by atoms with van der Waals surface area (Å²) in [4.78, 5) is 4.43. The van der Waals surface area contributed by atoms with Crippen LogP contribution in [0.1, 0.15) is 54.8 Å². The summed E-state index contributed by atoms with van der Waals surface area (Å²) in [5.74, 6) is 0. The van der Waals surface area contributed by atoms with E-state index in [-0.39, 0.29) is 0 Å². The van der Waals surface area contributed by atoms with Crippen molar-refractivity contribution in [2.75, 3.05) is 25.5 Å². The van der Waals surface area contributed by atoms with Crippen molar-refractivity contribution in [2.24, 2.45) is 0 Å². The van der Waals surface area contributed by atoms with Crippen molar-refractivity contribution in [3.05, 3.63) is 59.4 Å². The lowest BCUT2D eigenvalue weighted by Crippen LogP contribution is -2.42. The van der Waals surface area contributed by atoms with Crippen LogP contribution in [0.15, 0.2) is 42.7 Å². The van der Waals surface area contributed by atoms with Gasteiger partial charge in [0.15, 0.2) is 0 Å². The normalized spacial score (nSPS) is 22.8. The Kier molecular flexibility index (Phi) is 5.62. The van der Waals surface area contributed by atoms with E-state index in [4.69, 9.17) is 0 Å². The average Bonchev–Trinajstić information content (AvgIpc) is 3.59. The first-order valence-electron chi connectivity index (χ1n) is 10.9. The van der Waals surface area contributed by atoms with E-state index in [9.17, 15) is 0 Å². The monoisotopic (exact) mass is 406 g/mol. The zero-order valence-electron chi connectivity index (χ0n) is 17.1. The van der Waals surface area contributed by atoms with Crippen LogP contribution < -0.4 is 10.6 Å². The Bertz CT molecular complexity index is 884. The van der Waals surface area contributed by atoms with Gasteiger partial charge in [-0.2, -0.15) is 0 Å². The fraction of sp³-hybridized carbons (Fsp3) is 0.458. The van der Waals surface area contributed by atoms with Gasteiger partial charge in [-0.1, -0.05) is 30.2 Å². The summed E-state index contributed by atoms with van der Waals surface area (Å²) in [5, 5.41) is 8.18. The van der Waals surface area contributed by atoms with Gasteiger partial charge in [-0.3, -0.25) is 9.29 Å². The van der Waals surface area contributed by atoms with Crippen molar-refractivity contribution in [2.45, 2.75) is 49.4 Å². The third-order valence-electron chi connectivity index (χ3n) is 6.25. The molecule has 29 heavy (non-hydrogen) atoms. The molecule has 5 rings (SSSR count). The van der Waals surface area contributed by atoms with Gasteiger partial charge in [0, 0.05) is 55.6 Å². The highest BCUT2D eigenvalue weighted by Crippen LogP contribution is 2.39. The van der Waals surface area contributed by atoms with Gasteiger partial charge in [-0.25, -0.2) is 0 Å². The average molecular weight is 407 g/mol. The lowest BCUT2D eigenvalue weighted by molar-refractivity contribution is 0.288. The second-order valence-corrected chi connectivity index (χ2v) is 9.83. The van der Waals surface area contributed by atoms with Crippen molar-refractivity contribution in [1.29, 1.82) is 0 Å². The number of benzene rings is 1. The van der Waals surface area contributed by atoms with E-state index in [2.05, 4.69) is 74.5 Å². The summed E-state index contributed by atoms with van der Waals surface area (Å²) < 4.78 is 2.60. The van der Waals surface area contributed by atoms with Crippen LogP contribution >= 0.6 is 11.9 Å². The van der Waals surface area contributed by atoms with Crippen LogP contribution in [0.3, 0.4) is 0 Å². The number of piperidine rings is 1. The number of fused-ring (bicyclic) bond motifs is 1. The summed E-state index contributed by atoms with van der Waals surface area (Å²) in [6.45, 7) is 2.41. The van der Waals surface area contributed by atoms with Crippen LogP contribution in [0.4, 0.5) is 5.69 Å². The summed E-state index contributed by atoms with van der Waals surface area (Å²) in [6, 6.07) is 11.8. The number of anilines is 1. The molecule has 0 spiro atoms. The zero-order chi connectivity index (χ0) is 19.6. The number of nitrogens with one attached hydrogen (secondary N) is 2. The highest BCUT2D eigenvalue weighted by Gasteiger charge is 2.30. The second-order valence-electron chi connectivity index (χ2n) is 8.44. The Labute approximate surface area is 178 Å². The van der Waals surface area contributed by atoms with Gasteiger partial charge < -0.3 is 10.6 Å². The molecule has 2 aliphatic carbocycles. The van der Waals surface area contributed by atoms with Crippen LogP contribution in [-0.2, 0) is 0 Å². The molecule has 0 bridgehead atoms. The molecule has 152 valence electrons. The number of hydrogen-bond acceptors (Lipinski definition) is 5. The summed E-state index contributed by atoms with van der Waals surface area (Å²) in [7, 11) is 1.98. The highest BCUT2D eigenvalue weighted by atomic mass is 32.2. The minimum absolute atomic E-state index is 0.338. The van der Waals surface area contributed by atoms with Crippen LogP contribution in [-0.4, -0.2) is 40.7 Å². The lowest BCUT2D eigenvalue weighted by atomic mass is 9.85. The van der Waals surface area contributed by atoms with Gasteiger partial charge in [0.2, 0.25) is 0 Å². The smallest absolute Gasteiger partial charge is 0.0384 e. The molecule has 2 aromatic rings. The van der Waals surface area contributed by atoms with E-state index in [1.807, 2.05) is 13.2 Å². The predicted octanol–water partition coefficient (Wildman–Crippen LogP) is 4.97. The van der Waals surface area contributed by atoms with Crippen molar-refractivity contribution in [1.82, 2.24) is 14.6 Å².